The number of hydrogen-bond acceptors (Lipinski definition) is 5. The normalized spacial score (nSPS) is 15.1. The van der Waals surface area contributed by atoms with Gasteiger partial charge in [-0.25, -0.2) is 15.3 Å². The van der Waals surface area contributed by atoms with Gasteiger partial charge in [-0.05, 0) is 48.0 Å². The predicted molar refractivity (Wildman–Crippen MR) is 98.8 cm³/mol. The minimum absolute atomic E-state index is 0.591. The van der Waals surface area contributed by atoms with Crippen molar-refractivity contribution in [2.45, 2.75) is 32.1 Å². The summed E-state index contributed by atoms with van der Waals surface area (Å²) in [5.41, 5.74) is 2.32. The summed E-state index contributed by atoms with van der Waals surface area (Å²) in [4.78, 5) is 15.1. The highest BCUT2D eigenvalue weighted by Gasteiger charge is 2.20. The third-order valence-corrected chi connectivity index (χ3v) is 4.84. The molecule has 1 fully saturated rings. The zero-order valence-electron chi connectivity index (χ0n) is 14.9. The minimum atomic E-state index is 0.591. The molecule has 26 heavy (non-hydrogen) atoms. The molecule has 136 valence electrons. The average Bonchev–Trinajstić information content (AvgIpc) is 3.16. The lowest BCUT2D eigenvalue weighted by molar-refractivity contribution is -0.380. The van der Waals surface area contributed by atoms with Gasteiger partial charge in [0.25, 0.3) is 11.5 Å². The molecule has 0 atom stereocenters. The van der Waals surface area contributed by atoms with Gasteiger partial charge in [0.15, 0.2) is 5.52 Å². The van der Waals surface area contributed by atoms with Gasteiger partial charge in [-0.2, -0.15) is 0 Å². The first-order chi connectivity index (χ1) is 12.8. The van der Waals surface area contributed by atoms with E-state index in [-0.39, 0.29) is 0 Å². The molecule has 0 bridgehead atoms. The lowest BCUT2D eigenvalue weighted by Gasteiger charge is -2.21. The second kappa shape index (κ2) is 7.59. The minimum Gasteiger partial charge on any atom is -0.497 e. The number of methoxy groups -OCH3 is 1. The number of benzene rings is 1. The average molecular weight is 354 g/mol. The van der Waals surface area contributed by atoms with Gasteiger partial charge in [-0.1, -0.05) is 19.3 Å². The highest BCUT2D eigenvalue weighted by molar-refractivity contribution is 5.75. The number of anilines is 2. The highest BCUT2D eigenvalue weighted by atomic mass is 16.5. The van der Waals surface area contributed by atoms with Crippen LogP contribution in [0.1, 0.15) is 32.1 Å². The molecule has 4 rings (SSSR count). The van der Waals surface area contributed by atoms with Gasteiger partial charge in [0.05, 0.1) is 25.7 Å². The summed E-state index contributed by atoms with van der Waals surface area (Å²) in [6, 6.07) is 7.67. The fraction of sp³-hybridized carbons (Fsp3) is 0.421. The number of H-pyrrole nitrogens is 2. The molecule has 1 saturated carbocycles. The van der Waals surface area contributed by atoms with Crippen molar-refractivity contribution in [3.63, 3.8) is 0 Å². The number of imidazole rings is 1. The topological polar surface area (TPSA) is 86.2 Å². The fourth-order valence-electron chi connectivity index (χ4n) is 3.38. The molecule has 7 heteroatoms. The molecule has 1 aromatic carbocycles. The van der Waals surface area contributed by atoms with Crippen molar-refractivity contribution in [3.05, 3.63) is 30.6 Å². The zero-order chi connectivity index (χ0) is 17.8. The monoisotopic (exact) mass is 354 g/mol. The Bertz CT molecular complexity index is 856. The van der Waals surface area contributed by atoms with E-state index < -0.39 is 0 Å². The Labute approximate surface area is 152 Å². The molecular weight excluding hydrogens is 330 g/mol. The molecule has 1 aliphatic rings. The van der Waals surface area contributed by atoms with Crippen LogP contribution in [-0.2, 0) is 0 Å². The maximum atomic E-state index is 6.11. The molecule has 3 aromatic rings. The molecule has 0 aliphatic heterocycles. The molecular formula is C19H24N5O2+. The summed E-state index contributed by atoms with van der Waals surface area (Å²) >= 11 is 0. The first kappa shape index (κ1) is 16.6. The second-order valence-electron chi connectivity index (χ2n) is 6.68. The van der Waals surface area contributed by atoms with Crippen molar-refractivity contribution in [1.82, 2.24) is 15.0 Å². The van der Waals surface area contributed by atoms with Gasteiger partial charge >= 0.3 is 5.95 Å². The van der Waals surface area contributed by atoms with Gasteiger partial charge < -0.3 is 14.5 Å². The number of fused-ring (bicyclic) bond motifs is 1. The Balaban J connectivity index is 1.53. The molecule has 2 aromatic heterocycles. The Morgan fingerprint density at radius 2 is 2.00 bits per heavy atom. The second-order valence-corrected chi connectivity index (χ2v) is 6.68. The smallest absolute Gasteiger partial charge is 0.399 e. The number of hydrogen-bond donors (Lipinski definition) is 2. The van der Waals surface area contributed by atoms with Crippen LogP contribution in [0.25, 0.3) is 11.2 Å². The summed E-state index contributed by atoms with van der Waals surface area (Å²) in [6.45, 7) is 0.719. The van der Waals surface area contributed by atoms with Crippen LogP contribution in [-0.4, -0.2) is 28.7 Å². The zero-order valence-corrected chi connectivity index (χ0v) is 14.9. The Kier molecular flexibility index (Phi) is 4.86. The largest absolute Gasteiger partial charge is 0.497 e. The standard InChI is InChI=1S/C19H23N5O2/c1-25-15-9-7-14(8-10-15)22-19-23-17-16(20-12-21-17)18(24-19)26-11-13-5-3-2-4-6-13/h7-10,12-13H,2-6,11H2,1H3,(H2,20,21,22,23,24)/p+1. The number of rotatable bonds is 6. The van der Waals surface area contributed by atoms with Crippen LogP contribution in [0, 0.1) is 5.92 Å². The van der Waals surface area contributed by atoms with Gasteiger partial charge in [0, 0.05) is 0 Å². The molecule has 0 spiro atoms. The van der Waals surface area contributed by atoms with Crippen molar-refractivity contribution < 1.29 is 14.5 Å². The Morgan fingerprint density at radius 3 is 2.77 bits per heavy atom. The van der Waals surface area contributed by atoms with Crippen LogP contribution in [0.3, 0.4) is 0 Å². The van der Waals surface area contributed by atoms with Crippen LogP contribution in [0.4, 0.5) is 11.6 Å². The Hall–Kier alpha value is -2.83. The number of aromatic amines is 2. The van der Waals surface area contributed by atoms with Crippen molar-refractivity contribution in [1.29, 1.82) is 0 Å². The van der Waals surface area contributed by atoms with E-state index in [0.717, 1.165) is 23.6 Å². The van der Waals surface area contributed by atoms with Gasteiger partial charge in [-0.3, -0.25) is 0 Å². The molecule has 0 saturated heterocycles. The van der Waals surface area contributed by atoms with Crippen molar-refractivity contribution >= 4 is 22.8 Å². The van der Waals surface area contributed by atoms with E-state index in [2.05, 4.69) is 25.3 Å². The summed E-state index contributed by atoms with van der Waals surface area (Å²) < 4.78 is 11.3. The Morgan fingerprint density at radius 1 is 1.19 bits per heavy atom. The summed E-state index contributed by atoms with van der Waals surface area (Å²) in [5, 5.41) is 3.26. The van der Waals surface area contributed by atoms with Gasteiger partial charge in [0.1, 0.15) is 5.75 Å². The van der Waals surface area contributed by atoms with E-state index in [0.29, 0.717) is 23.4 Å². The van der Waals surface area contributed by atoms with Crippen molar-refractivity contribution in [3.8, 4) is 11.6 Å². The van der Waals surface area contributed by atoms with Crippen molar-refractivity contribution in [2.24, 2.45) is 5.92 Å². The molecule has 0 amide bonds. The van der Waals surface area contributed by atoms with E-state index in [4.69, 9.17) is 9.47 Å². The SMILES string of the molecule is COc1ccc(Nc2nc3nc[nH]c3c(OCC3CCCCC3)[nH+]2)cc1. The maximum absolute atomic E-state index is 6.11. The van der Waals surface area contributed by atoms with Crippen LogP contribution < -0.4 is 19.8 Å². The maximum Gasteiger partial charge on any atom is 0.399 e. The third-order valence-electron chi connectivity index (χ3n) is 4.84. The molecule has 7 nitrogen and oxygen atoms in total. The highest BCUT2D eigenvalue weighted by Crippen LogP contribution is 2.26. The third kappa shape index (κ3) is 3.71. The summed E-state index contributed by atoms with van der Waals surface area (Å²) in [6.07, 6.45) is 8.08. The van der Waals surface area contributed by atoms with E-state index >= 15 is 0 Å². The molecule has 2 heterocycles. The predicted octanol–water partition coefficient (Wildman–Crippen LogP) is 3.48. The van der Waals surface area contributed by atoms with Crippen LogP contribution >= 0.6 is 0 Å². The number of nitrogens with one attached hydrogen (secondary N) is 3. The van der Waals surface area contributed by atoms with E-state index in [1.54, 1.807) is 13.4 Å². The van der Waals surface area contributed by atoms with Crippen LogP contribution in [0.5, 0.6) is 11.6 Å². The quantitative estimate of drug-likeness (QED) is 0.708. The number of aromatic nitrogens is 4. The first-order valence-corrected chi connectivity index (χ1v) is 9.12. The number of nitrogens with zero attached hydrogens (tertiary/aromatic N) is 2. The van der Waals surface area contributed by atoms with E-state index in [1.165, 1.54) is 32.1 Å². The van der Waals surface area contributed by atoms with Crippen LogP contribution in [0.15, 0.2) is 30.6 Å². The fourth-order valence-corrected chi connectivity index (χ4v) is 3.38. The first-order valence-electron chi connectivity index (χ1n) is 9.12. The van der Waals surface area contributed by atoms with E-state index in [9.17, 15) is 0 Å². The summed E-state index contributed by atoms with van der Waals surface area (Å²) in [5.74, 6) is 2.70. The molecule has 3 N–H and O–H groups in total. The van der Waals surface area contributed by atoms with Crippen LogP contribution in [0.2, 0.25) is 0 Å². The summed E-state index contributed by atoms with van der Waals surface area (Å²) in [7, 11) is 1.65. The van der Waals surface area contributed by atoms with Crippen molar-refractivity contribution in [2.75, 3.05) is 19.0 Å². The molecule has 1 aliphatic carbocycles. The molecule has 0 unspecified atom stereocenters. The molecule has 0 radical (unpaired) electrons. The lowest BCUT2D eigenvalue weighted by Crippen LogP contribution is -2.21. The lowest BCUT2D eigenvalue weighted by atomic mass is 9.90. The van der Waals surface area contributed by atoms with Gasteiger partial charge in [0.2, 0.25) is 0 Å². The van der Waals surface area contributed by atoms with E-state index in [1.807, 2.05) is 24.3 Å². The number of ether oxygens (including phenoxy) is 2. The van der Waals surface area contributed by atoms with Gasteiger partial charge in [-0.15, -0.1) is 0 Å².